The van der Waals surface area contributed by atoms with Crippen LogP contribution in [0, 0.1) is 0 Å². The average molecular weight is 327 g/mol. The minimum absolute atomic E-state index is 0.140. The quantitative estimate of drug-likeness (QED) is 0.899. The molecule has 2 fully saturated rings. The summed E-state index contributed by atoms with van der Waals surface area (Å²) in [5.74, 6) is 1.07. The van der Waals surface area contributed by atoms with E-state index in [0.29, 0.717) is 29.3 Å². The van der Waals surface area contributed by atoms with Crippen molar-refractivity contribution >= 4 is 22.6 Å². The van der Waals surface area contributed by atoms with Gasteiger partial charge in [0.25, 0.3) is 5.56 Å². The Labute approximate surface area is 139 Å². The molecule has 7 heteroatoms. The Morgan fingerprint density at radius 1 is 1.08 bits per heavy atom. The molecule has 1 unspecified atom stereocenters. The van der Waals surface area contributed by atoms with Crippen molar-refractivity contribution in [2.45, 2.75) is 38.1 Å². The van der Waals surface area contributed by atoms with Crippen LogP contribution in [-0.4, -0.2) is 51.4 Å². The van der Waals surface area contributed by atoms with Crippen molar-refractivity contribution in [1.29, 1.82) is 0 Å². The number of H-pyrrole nitrogens is 1. The normalized spacial score (nSPS) is 22.2. The molecule has 1 N–H and O–H groups in total. The monoisotopic (exact) mass is 327 g/mol. The summed E-state index contributed by atoms with van der Waals surface area (Å²) in [5.41, 5.74) is 0.510. The van der Waals surface area contributed by atoms with Crippen LogP contribution in [0.3, 0.4) is 0 Å². The van der Waals surface area contributed by atoms with Crippen LogP contribution >= 0.6 is 0 Å². The number of nitrogens with zero attached hydrogens (tertiary/aromatic N) is 4. The minimum atomic E-state index is -0.140. The van der Waals surface area contributed by atoms with Gasteiger partial charge in [-0.05, 0) is 31.7 Å². The van der Waals surface area contributed by atoms with Gasteiger partial charge < -0.3 is 14.8 Å². The minimum Gasteiger partial charge on any atom is -0.355 e. The third-order valence-electron chi connectivity index (χ3n) is 5.09. The first-order chi connectivity index (χ1) is 11.7. The molecular weight excluding hydrogens is 306 g/mol. The molecule has 0 aliphatic carbocycles. The number of aromatic amines is 1. The smallest absolute Gasteiger partial charge is 0.258 e. The fraction of sp³-hybridized carbons (Fsp3) is 0.529. The summed E-state index contributed by atoms with van der Waals surface area (Å²) in [6.07, 6.45) is 7.75. The molecule has 0 aromatic carbocycles. The Kier molecular flexibility index (Phi) is 3.92. The number of anilines is 1. The summed E-state index contributed by atoms with van der Waals surface area (Å²) in [6.45, 7) is 2.60. The first-order valence-electron chi connectivity index (χ1n) is 8.61. The standard InChI is InChI=1S/C17H21N5O2/c23-14-4-2-9-22(14)12-3-1-8-21(10-6-12)16-15-13(5-7-18-16)17(24)20-11-19-15/h5,7,11-12H,1-4,6,8-10H2,(H,19,20,24). The van der Waals surface area contributed by atoms with E-state index in [0.717, 1.165) is 51.1 Å². The Bertz CT molecular complexity index is 818. The largest absolute Gasteiger partial charge is 0.355 e. The summed E-state index contributed by atoms with van der Waals surface area (Å²) >= 11 is 0. The Balaban J connectivity index is 1.59. The van der Waals surface area contributed by atoms with E-state index in [2.05, 4.69) is 24.8 Å². The summed E-state index contributed by atoms with van der Waals surface area (Å²) in [7, 11) is 0. The van der Waals surface area contributed by atoms with E-state index in [1.807, 2.05) is 0 Å². The maximum Gasteiger partial charge on any atom is 0.258 e. The summed E-state index contributed by atoms with van der Waals surface area (Å²) in [5, 5.41) is 0.568. The lowest BCUT2D eigenvalue weighted by Crippen LogP contribution is -2.37. The van der Waals surface area contributed by atoms with Crippen molar-refractivity contribution in [2.24, 2.45) is 0 Å². The molecule has 2 saturated heterocycles. The number of pyridine rings is 1. The Morgan fingerprint density at radius 3 is 2.83 bits per heavy atom. The molecule has 2 aliphatic heterocycles. The first kappa shape index (κ1) is 15.1. The van der Waals surface area contributed by atoms with Gasteiger partial charge in [-0.3, -0.25) is 9.59 Å². The number of likely N-dealkylation sites (tertiary alicyclic amines) is 1. The number of hydrogen-bond donors (Lipinski definition) is 1. The van der Waals surface area contributed by atoms with Gasteiger partial charge in [0, 0.05) is 38.3 Å². The molecule has 0 bridgehead atoms. The van der Waals surface area contributed by atoms with Gasteiger partial charge in [0.2, 0.25) is 5.91 Å². The Morgan fingerprint density at radius 2 is 2.00 bits per heavy atom. The second-order valence-corrected chi connectivity index (χ2v) is 6.52. The number of hydrogen-bond acceptors (Lipinski definition) is 5. The second-order valence-electron chi connectivity index (χ2n) is 6.52. The highest BCUT2D eigenvalue weighted by Gasteiger charge is 2.30. The van der Waals surface area contributed by atoms with Crippen molar-refractivity contribution in [3.8, 4) is 0 Å². The molecule has 0 radical (unpaired) electrons. The SMILES string of the molecule is O=C1CCCN1C1CCCN(c2nccc3c(=O)[nH]cnc23)CC1. The highest BCUT2D eigenvalue weighted by atomic mass is 16.2. The van der Waals surface area contributed by atoms with E-state index in [9.17, 15) is 9.59 Å². The van der Waals surface area contributed by atoms with E-state index < -0.39 is 0 Å². The molecule has 7 nitrogen and oxygen atoms in total. The van der Waals surface area contributed by atoms with Gasteiger partial charge in [-0.1, -0.05) is 0 Å². The third-order valence-corrected chi connectivity index (χ3v) is 5.09. The van der Waals surface area contributed by atoms with Gasteiger partial charge >= 0.3 is 0 Å². The lowest BCUT2D eigenvalue weighted by Gasteiger charge is -2.27. The van der Waals surface area contributed by atoms with Crippen LogP contribution in [0.4, 0.5) is 5.82 Å². The fourth-order valence-electron chi connectivity index (χ4n) is 3.88. The van der Waals surface area contributed by atoms with Gasteiger partial charge in [-0.25, -0.2) is 9.97 Å². The van der Waals surface area contributed by atoms with E-state index in [-0.39, 0.29) is 5.56 Å². The van der Waals surface area contributed by atoms with Crippen molar-refractivity contribution in [2.75, 3.05) is 24.5 Å². The number of fused-ring (bicyclic) bond motifs is 1. The average Bonchev–Trinajstić information content (AvgIpc) is 2.88. The predicted octanol–water partition coefficient (Wildman–Crippen LogP) is 1.30. The van der Waals surface area contributed by atoms with Crippen LogP contribution in [0.2, 0.25) is 0 Å². The zero-order valence-electron chi connectivity index (χ0n) is 13.6. The molecule has 4 rings (SSSR count). The predicted molar refractivity (Wildman–Crippen MR) is 91.0 cm³/mol. The number of rotatable bonds is 2. The molecule has 2 aromatic rings. The second kappa shape index (κ2) is 6.22. The molecular formula is C17H21N5O2. The van der Waals surface area contributed by atoms with Gasteiger partial charge in [-0.15, -0.1) is 0 Å². The van der Waals surface area contributed by atoms with E-state index >= 15 is 0 Å². The highest BCUT2D eigenvalue weighted by Crippen LogP contribution is 2.26. The van der Waals surface area contributed by atoms with Gasteiger partial charge in [0.05, 0.1) is 11.7 Å². The lowest BCUT2D eigenvalue weighted by molar-refractivity contribution is -0.129. The van der Waals surface area contributed by atoms with E-state index in [4.69, 9.17) is 0 Å². The van der Waals surface area contributed by atoms with Gasteiger partial charge in [-0.2, -0.15) is 0 Å². The van der Waals surface area contributed by atoms with Crippen LogP contribution in [-0.2, 0) is 4.79 Å². The number of nitrogens with one attached hydrogen (secondary N) is 1. The van der Waals surface area contributed by atoms with Gasteiger partial charge in [0.1, 0.15) is 5.52 Å². The van der Waals surface area contributed by atoms with Crippen molar-refractivity contribution in [3.63, 3.8) is 0 Å². The number of carbonyl (C=O) groups is 1. The summed E-state index contributed by atoms with van der Waals surface area (Å²) in [4.78, 5) is 39.6. The zero-order chi connectivity index (χ0) is 16.5. The fourth-order valence-corrected chi connectivity index (χ4v) is 3.88. The number of amides is 1. The maximum atomic E-state index is 12.0. The highest BCUT2D eigenvalue weighted by molar-refractivity contribution is 5.87. The van der Waals surface area contributed by atoms with Crippen molar-refractivity contribution in [3.05, 3.63) is 28.9 Å². The third kappa shape index (κ3) is 2.64. The van der Waals surface area contributed by atoms with Gasteiger partial charge in [0.15, 0.2) is 5.82 Å². The van der Waals surface area contributed by atoms with Crippen LogP contribution in [0.1, 0.15) is 32.1 Å². The maximum absolute atomic E-state index is 12.0. The first-order valence-corrected chi connectivity index (χ1v) is 8.61. The molecule has 4 heterocycles. The van der Waals surface area contributed by atoms with Crippen LogP contribution in [0.15, 0.2) is 23.4 Å². The molecule has 0 spiro atoms. The van der Waals surface area contributed by atoms with Crippen molar-refractivity contribution in [1.82, 2.24) is 19.9 Å². The molecule has 24 heavy (non-hydrogen) atoms. The molecule has 0 saturated carbocycles. The molecule has 1 amide bonds. The van der Waals surface area contributed by atoms with E-state index in [1.54, 1.807) is 12.3 Å². The molecule has 1 atom stereocenters. The van der Waals surface area contributed by atoms with Crippen LogP contribution in [0.25, 0.3) is 10.9 Å². The number of aromatic nitrogens is 3. The van der Waals surface area contributed by atoms with Crippen LogP contribution in [0.5, 0.6) is 0 Å². The molecule has 2 aliphatic rings. The lowest BCUT2D eigenvalue weighted by atomic mass is 10.1. The number of carbonyl (C=O) groups excluding carboxylic acids is 1. The Hall–Kier alpha value is -2.44. The zero-order valence-corrected chi connectivity index (χ0v) is 13.6. The summed E-state index contributed by atoms with van der Waals surface area (Å²) in [6, 6.07) is 2.03. The topological polar surface area (TPSA) is 82.2 Å². The summed E-state index contributed by atoms with van der Waals surface area (Å²) < 4.78 is 0. The molecule has 126 valence electrons. The van der Waals surface area contributed by atoms with Crippen molar-refractivity contribution < 1.29 is 4.79 Å². The molecule has 2 aromatic heterocycles. The van der Waals surface area contributed by atoms with E-state index in [1.165, 1.54) is 6.33 Å². The van der Waals surface area contributed by atoms with Crippen LogP contribution < -0.4 is 10.5 Å².